The Kier molecular flexibility index (Phi) is 5.68. The van der Waals surface area contributed by atoms with Crippen molar-refractivity contribution in [2.75, 3.05) is 5.32 Å². The quantitative estimate of drug-likeness (QED) is 0.520. The van der Waals surface area contributed by atoms with Crippen LogP contribution in [0, 0.1) is 0 Å². The maximum Gasteiger partial charge on any atom is 0.405 e. The summed E-state index contributed by atoms with van der Waals surface area (Å²) in [6.45, 7) is 0. The summed E-state index contributed by atoms with van der Waals surface area (Å²) >= 11 is 5.85. The summed E-state index contributed by atoms with van der Waals surface area (Å²) in [5.74, 6) is -0.141. The third kappa shape index (κ3) is 5.05. The van der Waals surface area contributed by atoms with E-state index in [2.05, 4.69) is 25.8 Å². The van der Waals surface area contributed by atoms with Crippen LogP contribution in [0.15, 0.2) is 54.9 Å². The van der Waals surface area contributed by atoms with Gasteiger partial charge in [0.15, 0.2) is 0 Å². The average Bonchev–Trinajstić information content (AvgIpc) is 3.12. The number of rotatable bonds is 6. The van der Waals surface area contributed by atoms with Crippen LogP contribution < -0.4 is 10.6 Å². The van der Waals surface area contributed by atoms with Gasteiger partial charge in [-0.15, -0.1) is 0 Å². The van der Waals surface area contributed by atoms with E-state index in [1.165, 1.54) is 0 Å². The molecule has 2 heterocycles. The van der Waals surface area contributed by atoms with Crippen molar-refractivity contribution >= 4 is 29.4 Å². The lowest BCUT2D eigenvalue weighted by Crippen LogP contribution is -2.44. The molecule has 3 rings (SSSR count). The van der Waals surface area contributed by atoms with E-state index in [9.17, 15) is 9.59 Å². The Morgan fingerprint density at radius 2 is 1.85 bits per heavy atom. The van der Waals surface area contributed by atoms with Gasteiger partial charge in [0.1, 0.15) is 11.9 Å². The Bertz CT molecular complexity index is 928. The zero-order valence-corrected chi connectivity index (χ0v) is 14.8. The van der Waals surface area contributed by atoms with Crippen molar-refractivity contribution in [1.82, 2.24) is 20.5 Å². The number of amides is 2. The first-order valence-corrected chi connectivity index (χ1v) is 8.39. The first-order chi connectivity index (χ1) is 13.0. The number of benzene rings is 1. The summed E-state index contributed by atoms with van der Waals surface area (Å²) in [5, 5.41) is 21.3. The van der Waals surface area contributed by atoms with Gasteiger partial charge in [-0.05, 0) is 29.8 Å². The number of carbonyl (C=O) groups is 2. The number of nitrogens with one attached hydrogen (secondary N) is 3. The fourth-order valence-corrected chi connectivity index (χ4v) is 2.62. The van der Waals surface area contributed by atoms with Crippen LogP contribution in [0.5, 0.6) is 0 Å². The van der Waals surface area contributed by atoms with Gasteiger partial charge < -0.3 is 15.7 Å². The van der Waals surface area contributed by atoms with Gasteiger partial charge in [0.05, 0.1) is 5.69 Å². The van der Waals surface area contributed by atoms with Crippen molar-refractivity contribution in [3.8, 4) is 11.3 Å². The number of hydrogen-bond acceptors (Lipinski definition) is 4. The van der Waals surface area contributed by atoms with Crippen molar-refractivity contribution in [3.05, 3.63) is 65.4 Å². The maximum absolute atomic E-state index is 12.5. The van der Waals surface area contributed by atoms with Gasteiger partial charge in [-0.2, -0.15) is 5.10 Å². The van der Waals surface area contributed by atoms with Crippen molar-refractivity contribution in [2.24, 2.45) is 0 Å². The summed E-state index contributed by atoms with van der Waals surface area (Å²) in [5.41, 5.74) is 2.24. The number of anilines is 1. The maximum atomic E-state index is 12.5. The van der Waals surface area contributed by atoms with E-state index in [1.807, 2.05) is 0 Å². The van der Waals surface area contributed by atoms with Gasteiger partial charge in [0, 0.05) is 35.5 Å². The van der Waals surface area contributed by atoms with E-state index in [1.54, 1.807) is 54.9 Å². The summed E-state index contributed by atoms with van der Waals surface area (Å²) in [7, 11) is 0. The lowest BCUT2D eigenvalue weighted by molar-refractivity contribution is -0.118. The first-order valence-electron chi connectivity index (χ1n) is 8.02. The highest BCUT2D eigenvalue weighted by atomic mass is 35.5. The molecule has 1 atom stereocenters. The van der Waals surface area contributed by atoms with E-state index < -0.39 is 18.0 Å². The summed E-state index contributed by atoms with van der Waals surface area (Å²) < 4.78 is 0. The molecule has 1 aromatic carbocycles. The predicted octanol–water partition coefficient (Wildman–Crippen LogP) is 2.94. The fraction of sp³-hybridized carbons (Fsp3) is 0.111. The minimum absolute atomic E-state index is 0.181. The van der Waals surface area contributed by atoms with Gasteiger partial charge >= 0.3 is 6.09 Å². The second-order valence-electron chi connectivity index (χ2n) is 5.72. The standard InChI is InChI=1S/C18H16ClN5O3/c19-13-3-1-11(2-4-13)9-15(21-18(26)27)17(25)22-16-10-14(23-24-16)12-5-7-20-8-6-12/h1-8,10,15,21H,9H2,(H,26,27)(H2,22,23,24,25)/t15-/m1/s1. The van der Waals surface area contributed by atoms with E-state index in [-0.39, 0.29) is 6.42 Å². The molecule has 0 saturated carbocycles. The van der Waals surface area contributed by atoms with Crippen LogP contribution in [0.1, 0.15) is 5.56 Å². The number of carbonyl (C=O) groups excluding carboxylic acids is 1. The van der Waals surface area contributed by atoms with Crippen molar-refractivity contribution in [2.45, 2.75) is 12.5 Å². The molecule has 9 heteroatoms. The van der Waals surface area contributed by atoms with Gasteiger partial charge in [-0.1, -0.05) is 23.7 Å². The van der Waals surface area contributed by atoms with E-state index in [0.717, 1.165) is 11.1 Å². The molecular formula is C18H16ClN5O3. The number of aromatic nitrogens is 3. The number of carboxylic acid groups (broad SMARTS) is 1. The minimum Gasteiger partial charge on any atom is -0.465 e. The molecule has 2 aromatic heterocycles. The van der Waals surface area contributed by atoms with Crippen LogP contribution in [0.3, 0.4) is 0 Å². The number of pyridine rings is 1. The molecule has 4 N–H and O–H groups in total. The Morgan fingerprint density at radius 3 is 2.52 bits per heavy atom. The van der Waals surface area contributed by atoms with Crippen molar-refractivity contribution in [1.29, 1.82) is 0 Å². The van der Waals surface area contributed by atoms with Gasteiger partial charge in [0.2, 0.25) is 5.91 Å². The summed E-state index contributed by atoms with van der Waals surface area (Å²) in [4.78, 5) is 27.5. The number of nitrogens with zero attached hydrogens (tertiary/aromatic N) is 2. The molecule has 138 valence electrons. The Hall–Kier alpha value is -3.39. The lowest BCUT2D eigenvalue weighted by atomic mass is 10.1. The predicted molar refractivity (Wildman–Crippen MR) is 101 cm³/mol. The highest BCUT2D eigenvalue weighted by Crippen LogP contribution is 2.19. The third-order valence-electron chi connectivity index (χ3n) is 3.78. The van der Waals surface area contributed by atoms with Crippen LogP contribution in [0.4, 0.5) is 10.6 Å². The molecule has 27 heavy (non-hydrogen) atoms. The largest absolute Gasteiger partial charge is 0.465 e. The molecule has 0 aliphatic carbocycles. The van der Waals surface area contributed by atoms with Crippen LogP contribution >= 0.6 is 11.6 Å². The zero-order valence-electron chi connectivity index (χ0n) is 14.0. The van der Waals surface area contributed by atoms with Gasteiger partial charge in [0.25, 0.3) is 0 Å². The Labute approximate surface area is 159 Å². The molecule has 0 spiro atoms. The van der Waals surface area contributed by atoms with Crippen molar-refractivity contribution < 1.29 is 14.7 Å². The normalized spacial score (nSPS) is 11.6. The van der Waals surface area contributed by atoms with E-state index >= 15 is 0 Å². The van der Waals surface area contributed by atoms with Crippen LogP contribution in [0.2, 0.25) is 5.02 Å². The van der Waals surface area contributed by atoms with Crippen LogP contribution in [-0.4, -0.2) is 38.3 Å². The molecule has 0 saturated heterocycles. The smallest absolute Gasteiger partial charge is 0.405 e. The molecule has 8 nitrogen and oxygen atoms in total. The van der Waals surface area contributed by atoms with Gasteiger partial charge in [-0.25, -0.2) is 4.79 Å². The van der Waals surface area contributed by atoms with Crippen molar-refractivity contribution in [3.63, 3.8) is 0 Å². The average molecular weight is 386 g/mol. The molecule has 3 aromatic rings. The van der Waals surface area contributed by atoms with E-state index in [0.29, 0.717) is 16.5 Å². The number of aromatic amines is 1. The molecular weight excluding hydrogens is 370 g/mol. The Morgan fingerprint density at radius 1 is 1.15 bits per heavy atom. The number of hydrogen-bond donors (Lipinski definition) is 4. The summed E-state index contributed by atoms with van der Waals surface area (Å²) in [6.07, 6.45) is 2.18. The highest BCUT2D eigenvalue weighted by molar-refractivity contribution is 6.30. The van der Waals surface area contributed by atoms with Crippen LogP contribution in [0.25, 0.3) is 11.3 Å². The molecule has 0 aliphatic heterocycles. The second kappa shape index (κ2) is 8.33. The van der Waals surface area contributed by atoms with Gasteiger partial charge in [-0.3, -0.25) is 14.9 Å². The molecule has 0 unspecified atom stereocenters. The second-order valence-corrected chi connectivity index (χ2v) is 6.16. The minimum atomic E-state index is -1.29. The molecule has 0 radical (unpaired) electrons. The summed E-state index contributed by atoms with van der Waals surface area (Å²) in [6, 6.07) is 11.1. The van der Waals surface area contributed by atoms with Crippen LogP contribution in [-0.2, 0) is 11.2 Å². The molecule has 0 aliphatic rings. The fourth-order valence-electron chi connectivity index (χ4n) is 2.49. The Balaban J connectivity index is 1.71. The number of H-pyrrole nitrogens is 1. The molecule has 0 bridgehead atoms. The molecule has 2 amide bonds. The molecule has 0 fully saturated rings. The zero-order chi connectivity index (χ0) is 19.2. The first kappa shape index (κ1) is 18.4. The van der Waals surface area contributed by atoms with E-state index in [4.69, 9.17) is 16.7 Å². The SMILES string of the molecule is O=C(O)N[C@H](Cc1ccc(Cl)cc1)C(=O)Nc1cc(-c2ccncc2)n[nH]1. The topological polar surface area (TPSA) is 120 Å². The monoisotopic (exact) mass is 385 g/mol. The third-order valence-corrected chi connectivity index (χ3v) is 4.03. The number of halogens is 1. The lowest BCUT2D eigenvalue weighted by Gasteiger charge is -2.16. The highest BCUT2D eigenvalue weighted by Gasteiger charge is 2.22.